The molecule has 0 heterocycles. The minimum Gasteiger partial charge on any atom is -0.376 e. The van der Waals surface area contributed by atoms with Crippen LogP contribution in [0.15, 0.2) is 12.7 Å². The molecule has 0 aliphatic carbocycles. The number of hydrogen-bond acceptors (Lipinski definition) is 4. The van der Waals surface area contributed by atoms with Gasteiger partial charge >= 0.3 is 0 Å². The van der Waals surface area contributed by atoms with E-state index in [2.05, 4.69) is 37.2 Å². The number of rotatable bonds is 9. The summed E-state index contributed by atoms with van der Waals surface area (Å²) >= 11 is 8.48. The van der Waals surface area contributed by atoms with Gasteiger partial charge in [0.05, 0.1) is 13.2 Å². The molecule has 0 amide bonds. The maximum Gasteiger partial charge on any atom is 0.0645 e. The van der Waals surface area contributed by atoms with E-state index >= 15 is 0 Å². The highest BCUT2D eigenvalue weighted by Gasteiger charge is 2.00. The second-order valence-corrected chi connectivity index (χ2v) is 3.94. The summed E-state index contributed by atoms with van der Waals surface area (Å²) in [5.41, 5.74) is 0. The third-order valence-corrected chi connectivity index (χ3v) is 2.09. The Kier molecular flexibility index (Phi) is 10.7. The van der Waals surface area contributed by atoms with Crippen molar-refractivity contribution in [3.05, 3.63) is 12.7 Å². The molecule has 2 nitrogen and oxygen atoms in total. The summed E-state index contributed by atoms with van der Waals surface area (Å²) in [6.45, 7) is 6.73. The molecule has 0 aromatic heterocycles. The lowest BCUT2D eigenvalue weighted by atomic mass is 10.4. The van der Waals surface area contributed by atoms with Crippen molar-refractivity contribution in [3.8, 4) is 0 Å². The van der Waals surface area contributed by atoms with Crippen LogP contribution in [0, 0.1) is 0 Å². The van der Waals surface area contributed by atoms with Gasteiger partial charge in [-0.15, -0.1) is 6.58 Å². The Hall–Kier alpha value is 0.360. The first-order valence-corrected chi connectivity index (χ1v) is 5.64. The van der Waals surface area contributed by atoms with E-state index in [4.69, 9.17) is 4.74 Å². The summed E-state index contributed by atoms with van der Waals surface area (Å²) in [5, 5.41) is 3.55. The molecule has 1 unspecified atom stereocenters. The van der Waals surface area contributed by atoms with Crippen molar-refractivity contribution in [2.24, 2.45) is 0 Å². The summed E-state index contributed by atoms with van der Waals surface area (Å²) in [6.07, 6.45) is 2.84. The van der Waals surface area contributed by atoms with Crippen LogP contribution in [0.1, 0.15) is 6.42 Å². The maximum atomic E-state index is 5.25. The molecule has 0 aromatic rings. The molecule has 0 fully saturated rings. The molecule has 78 valence electrons. The second kappa shape index (κ2) is 10.4. The molecular weight excluding hydrogens is 202 g/mol. The van der Waals surface area contributed by atoms with Crippen LogP contribution in [0.3, 0.4) is 0 Å². The lowest BCUT2D eigenvalue weighted by Gasteiger charge is -2.11. The Morgan fingerprint density at radius 1 is 1.54 bits per heavy atom. The van der Waals surface area contributed by atoms with Crippen LogP contribution in [0.4, 0.5) is 0 Å². The topological polar surface area (TPSA) is 21.3 Å². The summed E-state index contributed by atoms with van der Waals surface area (Å²) < 4.78 is 5.25. The van der Waals surface area contributed by atoms with Gasteiger partial charge in [0.1, 0.15) is 0 Å². The van der Waals surface area contributed by atoms with Gasteiger partial charge in [0, 0.05) is 11.8 Å². The zero-order chi connectivity index (χ0) is 9.94. The first-order chi connectivity index (χ1) is 6.31. The molecule has 1 atom stereocenters. The van der Waals surface area contributed by atoms with Crippen LogP contribution in [-0.4, -0.2) is 37.3 Å². The molecule has 1 N–H and O–H groups in total. The molecule has 0 spiro atoms. The van der Waals surface area contributed by atoms with E-state index < -0.39 is 0 Å². The number of ether oxygens (including phenoxy) is 1. The van der Waals surface area contributed by atoms with Crippen molar-refractivity contribution in [3.63, 3.8) is 0 Å². The fraction of sp³-hybridized carbons (Fsp3) is 0.778. The van der Waals surface area contributed by atoms with Crippen LogP contribution in [0.2, 0.25) is 0 Å². The molecule has 0 radical (unpaired) electrons. The average Bonchev–Trinajstić information content (AvgIpc) is 2.13. The minimum absolute atomic E-state index is 0.264. The standard InChI is InChI=1S/C9H19NOS2/c1-2-5-11-8-9(13)7-10-4-3-6-12/h2,9-10,12-13H,1,3-8H2. The van der Waals surface area contributed by atoms with Crippen molar-refractivity contribution in [2.45, 2.75) is 11.7 Å². The molecular formula is C9H19NOS2. The van der Waals surface area contributed by atoms with E-state index in [-0.39, 0.29) is 5.25 Å². The van der Waals surface area contributed by atoms with Gasteiger partial charge in [-0.25, -0.2) is 0 Å². The van der Waals surface area contributed by atoms with Crippen LogP contribution in [-0.2, 0) is 4.74 Å². The van der Waals surface area contributed by atoms with Gasteiger partial charge in [0.2, 0.25) is 0 Å². The van der Waals surface area contributed by atoms with Gasteiger partial charge in [-0.05, 0) is 18.7 Å². The quantitative estimate of drug-likeness (QED) is 0.311. The highest BCUT2D eigenvalue weighted by Crippen LogP contribution is 1.94. The molecule has 13 heavy (non-hydrogen) atoms. The fourth-order valence-corrected chi connectivity index (χ4v) is 1.21. The Bertz CT molecular complexity index is 122. The number of nitrogens with one attached hydrogen (secondary N) is 1. The normalized spacial score (nSPS) is 12.8. The molecule has 4 heteroatoms. The molecule has 0 saturated carbocycles. The molecule has 0 saturated heterocycles. The maximum absolute atomic E-state index is 5.25. The van der Waals surface area contributed by atoms with Gasteiger partial charge in [-0.3, -0.25) is 0 Å². The first-order valence-electron chi connectivity index (χ1n) is 4.49. The van der Waals surface area contributed by atoms with Gasteiger partial charge in [-0.2, -0.15) is 25.3 Å². The zero-order valence-corrected chi connectivity index (χ0v) is 9.70. The minimum atomic E-state index is 0.264. The highest BCUT2D eigenvalue weighted by atomic mass is 32.1. The third-order valence-electron chi connectivity index (χ3n) is 1.44. The van der Waals surface area contributed by atoms with Gasteiger partial charge in [0.15, 0.2) is 0 Å². The van der Waals surface area contributed by atoms with Crippen molar-refractivity contribution < 1.29 is 4.74 Å². The number of hydrogen-bond donors (Lipinski definition) is 3. The van der Waals surface area contributed by atoms with Gasteiger partial charge in [-0.1, -0.05) is 6.08 Å². The fourth-order valence-electron chi connectivity index (χ4n) is 0.819. The van der Waals surface area contributed by atoms with Crippen molar-refractivity contribution in [2.75, 3.05) is 32.1 Å². The Morgan fingerprint density at radius 2 is 2.31 bits per heavy atom. The van der Waals surface area contributed by atoms with Crippen molar-refractivity contribution >= 4 is 25.3 Å². The smallest absolute Gasteiger partial charge is 0.0645 e. The summed E-state index contributed by atoms with van der Waals surface area (Å²) in [6, 6.07) is 0. The Balaban J connectivity index is 3.09. The second-order valence-electron chi connectivity index (χ2n) is 2.76. The van der Waals surface area contributed by atoms with Crippen molar-refractivity contribution in [1.82, 2.24) is 5.32 Å². The molecule has 0 aromatic carbocycles. The molecule has 0 aliphatic rings. The number of thiol groups is 2. The van der Waals surface area contributed by atoms with E-state index in [0.717, 1.165) is 25.3 Å². The Morgan fingerprint density at radius 3 is 2.92 bits per heavy atom. The van der Waals surface area contributed by atoms with E-state index in [1.165, 1.54) is 0 Å². The predicted molar refractivity (Wildman–Crippen MR) is 65.1 cm³/mol. The lowest BCUT2D eigenvalue weighted by Crippen LogP contribution is -2.27. The summed E-state index contributed by atoms with van der Waals surface area (Å²) in [5.74, 6) is 0.928. The zero-order valence-electron chi connectivity index (χ0n) is 7.91. The largest absolute Gasteiger partial charge is 0.376 e. The van der Waals surface area contributed by atoms with Crippen LogP contribution in [0.5, 0.6) is 0 Å². The molecule has 0 rings (SSSR count). The predicted octanol–water partition coefficient (Wildman–Crippen LogP) is 1.40. The van der Waals surface area contributed by atoms with Crippen LogP contribution >= 0.6 is 25.3 Å². The lowest BCUT2D eigenvalue weighted by molar-refractivity contribution is 0.163. The average molecular weight is 221 g/mol. The first kappa shape index (κ1) is 13.4. The van der Waals surface area contributed by atoms with E-state index in [0.29, 0.717) is 13.2 Å². The monoisotopic (exact) mass is 221 g/mol. The van der Waals surface area contributed by atoms with Gasteiger partial charge < -0.3 is 10.1 Å². The molecule has 0 bridgehead atoms. The SMILES string of the molecule is C=CCOCC(S)CNCCCS. The summed E-state index contributed by atoms with van der Waals surface area (Å²) in [7, 11) is 0. The van der Waals surface area contributed by atoms with Crippen LogP contribution < -0.4 is 5.32 Å². The van der Waals surface area contributed by atoms with Gasteiger partial charge in [0.25, 0.3) is 0 Å². The summed E-state index contributed by atoms with van der Waals surface area (Å²) in [4.78, 5) is 0. The van der Waals surface area contributed by atoms with E-state index in [1.54, 1.807) is 6.08 Å². The highest BCUT2D eigenvalue weighted by molar-refractivity contribution is 7.81. The third kappa shape index (κ3) is 10.3. The molecule has 0 aliphatic heterocycles. The van der Waals surface area contributed by atoms with Crippen LogP contribution in [0.25, 0.3) is 0 Å². The van der Waals surface area contributed by atoms with E-state index in [9.17, 15) is 0 Å². The van der Waals surface area contributed by atoms with E-state index in [1.807, 2.05) is 0 Å². The Labute approximate surface area is 91.9 Å². The van der Waals surface area contributed by atoms with Crippen molar-refractivity contribution in [1.29, 1.82) is 0 Å².